The number of fused-ring (bicyclic) bond motifs is 1. The molecule has 0 radical (unpaired) electrons. The van der Waals surface area contributed by atoms with E-state index in [9.17, 15) is 9.59 Å². The number of carbonyl (C=O) groups excluding carboxylic acids is 1. The van der Waals surface area contributed by atoms with E-state index in [1.54, 1.807) is 36.4 Å². The van der Waals surface area contributed by atoms with Crippen molar-refractivity contribution in [2.75, 3.05) is 16.8 Å². The normalized spacial score (nSPS) is 11.0. The molecule has 6 nitrogen and oxygen atoms in total. The fourth-order valence-electron chi connectivity index (χ4n) is 3.87. The molecule has 6 heteroatoms. The number of nitrogens with zero attached hydrogens (tertiary/aromatic N) is 3. The molecule has 162 valence electrons. The Morgan fingerprint density at radius 2 is 1.56 bits per heavy atom. The zero-order chi connectivity index (χ0) is 22.7. The minimum absolute atomic E-state index is 0.200. The summed E-state index contributed by atoms with van der Waals surface area (Å²) >= 11 is 0. The molecule has 0 aliphatic rings. The number of anilines is 2. The number of aromatic nitrogens is 2. The molecule has 1 N–H and O–H groups in total. The van der Waals surface area contributed by atoms with E-state index in [0.29, 0.717) is 28.2 Å². The molecule has 3 aromatic carbocycles. The van der Waals surface area contributed by atoms with Crippen LogP contribution in [0.25, 0.3) is 16.5 Å². The number of hydrogen-bond donors (Lipinski definition) is 1. The lowest BCUT2D eigenvalue weighted by atomic mass is 10.1. The Kier molecular flexibility index (Phi) is 6.03. The Hall–Kier alpha value is -3.93. The van der Waals surface area contributed by atoms with Gasteiger partial charge in [0.15, 0.2) is 5.69 Å². The second kappa shape index (κ2) is 9.06. The maximum atomic E-state index is 13.2. The topological polar surface area (TPSA) is 67.2 Å². The molecule has 1 aromatic heterocycles. The van der Waals surface area contributed by atoms with Crippen molar-refractivity contribution in [3.05, 3.63) is 94.9 Å². The number of para-hydroxylation sites is 1. The molecule has 0 fully saturated rings. The number of rotatable bonds is 6. The molecule has 0 unspecified atom stereocenters. The van der Waals surface area contributed by atoms with Crippen LogP contribution in [0.2, 0.25) is 0 Å². The molecular weight excluding hydrogens is 400 g/mol. The molecule has 1 heterocycles. The van der Waals surface area contributed by atoms with E-state index in [0.717, 1.165) is 12.2 Å². The van der Waals surface area contributed by atoms with Crippen LogP contribution in [0.5, 0.6) is 0 Å². The molecule has 0 saturated heterocycles. The quantitative estimate of drug-likeness (QED) is 0.478. The summed E-state index contributed by atoms with van der Waals surface area (Å²) in [7, 11) is 0. The van der Waals surface area contributed by atoms with Crippen LogP contribution in [0.3, 0.4) is 0 Å². The third kappa shape index (κ3) is 4.12. The van der Waals surface area contributed by atoms with E-state index in [-0.39, 0.29) is 17.2 Å². The summed E-state index contributed by atoms with van der Waals surface area (Å²) in [5.41, 5.74) is 2.31. The van der Waals surface area contributed by atoms with Gasteiger partial charge in [0.05, 0.1) is 11.1 Å². The van der Waals surface area contributed by atoms with Gasteiger partial charge in [0.1, 0.15) is 0 Å². The number of nitrogens with one attached hydrogen (secondary N) is 1. The second-order valence-electron chi connectivity index (χ2n) is 7.83. The highest BCUT2D eigenvalue weighted by Gasteiger charge is 2.18. The molecule has 4 rings (SSSR count). The number of amides is 1. The van der Waals surface area contributed by atoms with Gasteiger partial charge in [-0.2, -0.15) is 9.78 Å². The van der Waals surface area contributed by atoms with Gasteiger partial charge in [-0.1, -0.05) is 36.4 Å². The second-order valence-corrected chi connectivity index (χ2v) is 7.83. The summed E-state index contributed by atoms with van der Waals surface area (Å²) in [6.45, 7) is 7.32. The van der Waals surface area contributed by atoms with Gasteiger partial charge in [-0.05, 0) is 63.2 Å². The van der Waals surface area contributed by atoms with Crippen molar-refractivity contribution in [2.45, 2.75) is 26.8 Å². The third-order valence-corrected chi connectivity index (χ3v) is 5.44. The lowest BCUT2D eigenvalue weighted by Crippen LogP contribution is -2.30. The van der Waals surface area contributed by atoms with Gasteiger partial charge >= 0.3 is 0 Å². The van der Waals surface area contributed by atoms with Crippen LogP contribution in [-0.2, 0) is 0 Å². The van der Waals surface area contributed by atoms with Gasteiger partial charge < -0.3 is 10.2 Å². The Morgan fingerprint density at radius 3 is 2.19 bits per heavy atom. The van der Waals surface area contributed by atoms with Crippen LogP contribution in [-0.4, -0.2) is 28.3 Å². The molecule has 0 bridgehead atoms. The van der Waals surface area contributed by atoms with Gasteiger partial charge in [0.2, 0.25) is 0 Å². The molecule has 0 spiro atoms. The highest BCUT2D eigenvalue weighted by molar-refractivity contribution is 6.11. The lowest BCUT2D eigenvalue weighted by Gasteiger charge is -2.27. The standard InChI is InChI=1S/C26H26N4O2/c1-4-29(18(2)3)20-16-14-19(15-17-20)27-25(31)24-22-12-8-9-13-23(22)26(32)30(28-24)21-10-6-5-7-11-21/h5-18H,4H2,1-3H3,(H,27,31). The average Bonchev–Trinajstić information content (AvgIpc) is 2.81. The summed E-state index contributed by atoms with van der Waals surface area (Å²) in [4.78, 5) is 28.5. The molecule has 0 aliphatic heterocycles. The summed E-state index contributed by atoms with van der Waals surface area (Å²) in [6.07, 6.45) is 0. The highest BCUT2D eigenvalue weighted by Crippen LogP contribution is 2.21. The average molecular weight is 427 g/mol. The summed E-state index contributed by atoms with van der Waals surface area (Å²) < 4.78 is 1.28. The molecule has 4 aromatic rings. The lowest BCUT2D eigenvalue weighted by molar-refractivity contribution is 0.102. The number of carbonyl (C=O) groups is 1. The fraction of sp³-hybridized carbons (Fsp3) is 0.192. The van der Waals surface area contributed by atoms with Gasteiger partial charge in [0, 0.05) is 29.3 Å². The largest absolute Gasteiger partial charge is 0.369 e. The fourth-order valence-corrected chi connectivity index (χ4v) is 3.87. The molecule has 32 heavy (non-hydrogen) atoms. The molecule has 0 atom stereocenters. The zero-order valence-electron chi connectivity index (χ0n) is 18.4. The van der Waals surface area contributed by atoms with Crippen molar-refractivity contribution in [2.24, 2.45) is 0 Å². The maximum Gasteiger partial charge on any atom is 0.279 e. The van der Waals surface area contributed by atoms with E-state index in [2.05, 4.69) is 36.1 Å². The van der Waals surface area contributed by atoms with Crippen molar-refractivity contribution in [1.82, 2.24) is 9.78 Å². The summed E-state index contributed by atoms with van der Waals surface area (Å²) in [5, 5.41) is 8.33. The van der Waals surface area contributed by atoms with Gasteiger partial charge in [-0.15, -0.1) is 0 Å². The number of hydrogen-bond acceptors (Lipinski definition) is 4. The monoisotopic (exact) mass is 426 g/mol. The Balaban J connectivity index is 1.71. The van der Waals surface area contributed by atoms with E-state index < -0.39 is 0 Å². The van der Waals surface area contributed by atoms with E-state index in [4.69, 9.17) is 0 Å². The molecule has 1 amide bonds. The SMILES string of the molecule is CCN(c1ccc(NC(=O)c2nn(-c3ccccc3)c(=O)c3ccccc23)cc1)C(C)C. The minimum atomic E-state index is -0.366. The zero-order valence-corrected chi connectivity index (χ0v) is 18.4. The van der Waals surface area contributed by atoms with Crippen LogP contribution < -0.4 is 15.8 Å². The van der Waals surface area contributed by atoms with Crippen LogP contribution in [0.1, 0.15) is 31.3 Å². The van der Waals surface area contributed by atoms with Crippen LogP contribution >= 0.6 is 0 Å². The van der Waals surface area contributed by atoms with E-state index >= 15 is 0 Å². The van der Waals surface area contributed by atoms with Gasteiger partial charge in [-0.3, -0.25) is 9.59 Å². The Morgan fingerprint density at radius 1 is 0.938 bits per heavy atom. The first-order valence-electron chi connectivity index (χ1n) is 10.7. The maximum absolute atomic E-state index is 13.2. The van der Waals surface area contributed by atoms with Crippen LogP contribution in [0.15, 0.2) is 83.7 Å². The Labute approximate surface area is 187 Å². The minimum Gasteiger partial charge on any atom is -0.369 e. The van der Waals surface area contributed by atoms with E-state index in [1.165, 1.54) is 4.68 Å². The van der Waals surface area contributed by atoms with Gasteiger partial charge in [-0.25, -0.2) is 0 Å². The van der Waals surface area contributed by atoms with Gasteiger partial charge in [0.25, 0.3) is 11.5 Å². The molecule has 0 aliphatic carbocycles. The summed E-state index contributed by atoms with van der Waals surface area (Å²) in [6, 6.07) is 24.3. The van der Waals surface area contributed by atoms with Crippen molar-refractivity contribution in [3.8, 4) is 5.69 Å². The van der Waals surface area contributed by atoms with Crippen molar-refractivity contribution in [3.63, 3.8) is 0 Å². The number of benzene rings is 3. The summed E-state index contributed by atoms with van der Waals surface area (Å²) in [5.74, 6) is -0.366. The third-order valence-electron chi connectivity index (χ3n) is 5.44. The highest BCUT2D eigenvalue weighted by atomic mass is 16.2. The van der Waals surface area contributed by atoms with Crippen LogP contribution in [0, 0.1) is 0 Å². The first kappa shape index (κ1) is 21.3. The molecular formula is C26H26N4O2. The smallest absolute Gasteiger partial charge is 0.279 e. The predicted molar refractivity (Wildman–Crippen MR) is 130 cm³/mol. The van der Waals surface area contributed by atoms with E-state index in [1.807, 2.05) is 42.5 Å². The Bertz CT molecular complexity index is 1300. The first-order chi connectivity index (χ1) is 15.5. The van der Waals surface area contributed by atoms with Crippen molar-refractivity contribution >= 4 is 28.1 Å². The first-order valence-corrected chi connectivity index (χ1v) is 10.7. The van der Waals surface area contributed by atoms with Crippen LogP contribution in [0.4, 0.5) is 11.4 Å². The van der Waals surface area contributed by atoms with Crippen molar-refractivity contribution < 1.29 is 4.79 Å². The predicted octanol–water partition coefficient (Wildman–Crippen LogP) is 4.87. The molecule has 0 saturated carbocycles. The van der Waals surface area contributed by atoms with Crippen molar-refractivity contribution in [1.29, 1.82) is 0 Å².